The van der Waals surface area contributed by atoms with E-state index in [2.05, 4.69) is 31.5 Å². The number of imidazole rings is 1. The second kappa shape index (κ2) is 7.27. The summed E-state index contributed by atoms with van der Waals surface area (Å²) in [7, 11) is 1.74. The van der Waals surface area contributed by atoms with E-state index in [-0.39, 0.29) is 0 Å². The molecular weight excluding hydrogens is 328 g/mol. The molecule has 2 aromatic rings. The lowest BCUT2D eigenvalue weighted by atomic mass is 10.2. The molecular formula is C14H18BrClN2O. The van der Waals surface area contributed by atoms with Crippen molar-refractivity contribution < 1.29 is 4.74 Å². The van der Waals surface area contributed by atoms with Crippen molar-refractivity contribution in [1.29, 1.82) is 0 Å². The summed E-state index contributed by atoms with van der Waals surface area (Å²) in [6, 6.07) is 6.17. The van der Waals surface area contributed by atoms with Crippen LogP contribution < -0.4 is 0 Å². The van der Waals surface area contributed by atoms with Crippen molar-refractivity contribution in [2.75, 3.05) is 13.7 Å². The Hall–Kier alpha value is -0.580. The highest BCUT2D eigenvalue weighted by atomic mass is 79.9. The molecule has 19 heavy (non-hydrogen) atoms. The van der Waals surface area contributed by atoms with Crippen LogP contribution in [-0.4, -0.2) is 23.3 Å². The number of aryl methyl sites for hydroxylation is 1. The molecule has 0 saturated carbocycles. The van der Waals surface area contributed by atoms with Crippen LogP contribution in [0, 0.1) is 0 Å². The van der Waals surface area contributed by atoms with Crippen molar-refractivity contribution in [3.8, 4) is 0 Å². The molecule has 1 heterocycles. The number of benzene rings is 1. The molecule has 3 nitrogen and oxygen atoms in total. The summed E-state index contributed by atoms with van der Waals surface area (Å²) in [5.41, 5.74) is 2.16. The molecule has 0 saturated heterocycles. The van der Waals surface area contributed by atoms with Crippen LogP contribution in [0.3, 0.4) is 0 Å². The maximum Gasteiger partial charge on any atom is 0.124 e. The van der Waals surface area contributed by atoms with Gasteiger partial charge in [-0.2, -0.15) is 0 Å². The Morgan fingerprint density at radius 1 is 1.32 bits per heavy atom. The van der Waals surface area contributed by atoms with E-state index in [0.717, 1.165) is 53.7 Å². The van der Waals surface area contributed by atoms with Crippen molar-refractivity contribution in [1.82, 2.24) is 9.55 Å². The van der Waals surface area contributed by atoms with Crippen molar-refractivity contribution in [2.45, 2.75) is 31.7 Å². The van der Waals surface area contributed by atoms with Crippen molar-refractivity contribution >= 4 is 38.6 Å². The third-order valence-corrected chi connectivity index (χ3v) is 3.87. The molecule has 1 aromatic carbocycles. The van der Waals surface area contributed by atoms with E-state index in [9.17, 15) is 0 Å². The van der Waals surface area contributed by atoms with Gasteiger partial charge in [-0.05, 0) is 37.5 Å². The van der Waals surface area contributed by atoms with Crippen LogP contribution in [0.15, 0.2) is 22.7 Å². The molecule has 0 unspecified atom stereocenters. The van der Waals surface area contributed by atoms with Crippen LogP contribution in [0.5, 0.6) is 0 Å². The second-order valence-electron chi connectivity index (χ2n) is 4.50. The van der Waals surface area contributed by atoms with Gasteiger partial charge in [0.1, 0.15) is 5.82 Å². The maximum absolute atomic E-state index is 5.99. The first-order chi connectivity index (χ1) is 9.26. The van der Waals surface area contributed by atoms with Crippen molar-refractivity contribution in [3.05, 3.63) is 28.5 Å². The maximum atomic E-state index is 5.99. The lowest BCUT2D eigenvalue weighted by molar-refractivity contribution is 0.191. The Labute approximate surface area is 127 Å². The summed E-state index contributed by atoms with van der Waals surface area (Å²) in [5.74, 6) is 1.39. The highest BCUT2D eigenvalue weighted by molar-refractivity contribution is 9.10. The van der Waals surface area contributed by atoms with Gasteiger partial charge >= 0.3 is 0 Å². The fourth-order valence-corrected chi connectivity index (χ4v) is 2.75. The zero-order valence-electron chi connectivity index (χ0n) is 11.0. The molecule has 0 spiro atoms. The molecule has 0 amide bonds. The first-order valence-electron chi connectivity index (χ1n) is 6.46. The minimum Gasteiger partial charge on any atom is -0.385 e. The second-order valence-corrected chi connectivity index (χ2v) is 5.68. The van der Waals surface area contributed by atoms with Crippen LogP contribution in [-0.2, 0) is 17.2 Å². The van der Waals surface area contributed by atoms with Gasteiger partial charge in [-0.3, -0.25) is 0 Å². The third-order valence-electron chi connectivity index (χ3n) is 3.14. The van der Waals surface area contributed by atoms with Gasteiger partial charge in [0.2, 0.25) is 0 Å². The van der Waals surface area contributed by atoms with Gasteiger partial charge in [0.05, 0.1) is 16.9 Å². The highest BCUT2D eigenvalue weighted by Crippen LogP contribution is 2.22. The first-order valence-corrected chi connectivity index (χ1v) is 7.78. The summed E-state index contributed by atoms with van der Waals surface area (Å²) in [4.78, 5) is 4.58. The van der Waals surface area contributed by atoms with E-state index in [1.807, 2.05) is 12.1 Å². The minimum absolute atomic E-state index is 0.449. The van der Waals surface area contributed by atoms with Crippen LogP contribution in [0.1, 0.15) is 25.1 Å². The number of rotatable bonds is 7. The standard InChI is InChI=1S/C14H18BrClN2O/c1-19-8-4-2-3-7-18-13-6-5-11(15)9-12(13)17-14(18)10-16/h5-6,9H,2-4,7-8,10H2,1H3. The lowest BCUT2D eigenvalue weighted by Gasteiger charge is -2.07. The van der Waals surface area contributed by atoms with Gasteiger partial charge in [0.25, 0.3) is 0 Å². The van der Waals surface area contributed by atoms with Gasteiger partial charge < -0.3 is 9.30 Å². The molecule has 5 heteroatoms. The number of hydrogen-bond donors (Lipinski definition) is 0. The van der Waals surface area contributed by atoms with Crippen LogP contribution >= 0.6 is 27.5 Å². The van der Waals surface area contributed by atoms with Gasteiger partial charge in [-0.1, -0.05) is 15.9 Å². The molecule has 0 fully saturated rings. The first kappa shape index (κ1) is 14.8. The zero-order chi connectivity index (χ0) is 13.7. The molecule has 0 N–H and O–H groups in total. The average Bonchev–Trinajstić information content (AvgIpc) is 2.75. The van der Waals surface area contributed by atoms with Gasteiger partial charge in [0, 0.05) is 24.7 Å². The van der Waals surface area contributed by atoms with Crippen molar-refractivity contribution in [3.63, 3.8) is 0 Å². The highest BCUT2D eigenvalue weighted by Gasteiger charge is 2.09. The number of aromatic nitrogens is 2. The van der Waals surface area contributed by atoms with Crippen LogP contribution in [0.2, 0.25) is 0 Å². The number of unbranched alkanes of at least 4 members (excludes halogenated alkanes) is 2. The molecule has 0 aliphatic heterocycles. The summed E-state index contributed by atoms with van der Waals surface area (Å²) in [6.07, 6.45) is 3.38. The predicted molar refractivity (Wildman–Crippen MR) is 82.7 cm³/mol. The monoisotopic (exact) mass is 344 g/mol. The normalized spacial score (nSPS) is 11.3. The third kappa shape index (κ3) is 3.71. The Morgan fingerprint density at radius 3 is 2.89 bits per heavy atom. The largest absolute Gasteiger partial charge is 0.385 e. The fourth-order valence-electron chi connectivity index (χ4n) is 2.20. The summed E-state index contributed by atoms with van der Waals surface area (Å²) in [6.45, 7) is 1.80. The van der Waals surface area contributed by atoms with Gasteiger partial charge in [-0.15, -0.1) is 11.6 Å². The van der Waals surface area contributed by atoms with E-state index in [0.29, 0.717) is 5.88 Å². The van der Waals surface area contributed by atoms with Gasteiger partial charge in [-0.25, -0.2) is 4.98 Å². The lowest BCUT2D eigenvalue weighted by Crippen LogP contribution is -2.03. The number of nitrogens with zero attached hydrogens (tertiary/aromatic N) is 2. The van der Waals surface area contributed by atoms with E-state index < -0.39 is 0 Å². The van der Waals surface area contributed by atoms with E-state index in [1.165, 1.54) is 0 Å². The zero-order valence-corrected chi connectivity index (χ0v) is 13.4. The summed E-state index contributed by atoms with van der Waals surface area (Å²) >= 11 is 9.46. The molecule has 1 aromatic heterocycles. The molecule has 0 atom stereocenters. The quantitative estimate of drug-likeness (QED) is 0.551. The molecule has 0 radical (unpaired) electrons. The van der Waals surface area contributed by atoms with E-state index in [1.54, 1.807) is 7.11 Å². The Kier molecular flexibility index (Phi) is 5.67. The fraction of sp³-hybridized carbons (Fsp3) is 0.500. The number of ether oxygens (including phenoxy) is 1. The smallest absolute Gasteiger partial charge is 0.124 e. The topological polar surface area (TPSA) is 27.1 Å². The van der Waals surface area contributed by atoms with E-state index >= 15 is 0 Å². The van der Waals surface area contributed by atoms with Crippen LogP contribution in [0.25, 0.3) is 11.0 Å². The Balaban J connectivity index is 2.11. The molecule has 0 bridgehead atoms. The number of alkyl halides is 1. The Bertz CT molecular complexity index is 541. The molecule has 104 valence electrons. The average molecular weight is 346 g/mol. The number of halogens is 2. The molecule has 0 aliphatic carbocycles. The summed E-state index contributed by atoms with van der Waals surface area (Å²) < 4.78 is 8.33. The predicted octanol–water partition coefficient (Wildman–Crippen LogP) is 4.35. The molecule has 2 rings (SSSR count). The van der Waals surface area contributed by atoms with Crippen LogP contribution in [0.4, 0.5) is 0 Å². The Morgan fingerprint density at radius 2 is 2.16 bits per heavy atom. The number of hydrogen-bond acceptors (Lipinski definition) is 2. The number of fused-ring (bicyclic) bond motifs is 1. The van der Waals surface area contributed by atoms with Crippen molar-refractivity contribution in [2.24, 2.45) is 0 Å². The van der Waals surface area contributed by atoms with Gasteiger partial charge in [0.15, 0.2) is 0 Å². The summed E-state index contributed by atoms with van der Waals surface area (Å²) in [5, 5.41) is 0. The molecule has 0 aliphatic rings. The minimum atomic E-state index is 0.449. The number of methoxy groups -OCH3 is 1. The van der Waals surface area contributed by atoms with E-state index in [4.69, 9.17) is 16.3 Å². The SMILES string of the molecule is COCCCCCn1c(CCl)nc2cc(Br)ccc21.